The van der Waals surface area contributed by atoms with Crippen molar-refractivity contribution in [2.45, 2.75) is 20.1 Å². The predicted molar refractivity (Wildman–Crippen MR) is 79.3 cm³/mol. The Morgan fingerprint density at radius 3 is 2.67 bits per heavy atom. The minimum Gasteiger partial charge on any atom is -0.485 e. The maximum absolute atomic E-state index is 13.9. The van der Waals surface area contributed by atoms with Crippen LogP contribution in [0.15, 0.2) is 42.5 Å². The summed E-state index contributed by atoms with van der Waals surface area (Å²) in [5.74, 6) is -0.147. The lowest BCUT2D eigenvalue weighted by Crippen LogP contribution is -2.13. The van der Waals surface area contributed by atoms with Crippen LogP contribution in [0.4, 0.5) is 4.39 Å². The molecule has 0 aromatic heterocycles. The fraction of sp³-hybridized carbons (Fsp3) is 0.235. The second kappa shape index (κ2) is 7.41. The minimum absolute atomic E-state index is 0.170. The van der Waals surface area contributed by atoms with Gasteiger partial charge >= 0.3 is 0 Å². The summed E-state index contributed by atoms with van der Waals surface area (Å²) < 4.78 is 19.6. The number of nitriles is 1. The third-order valence-electron chi connectivity index (χ3n) is 3.12. The second-order valence-corrected chi connectivity index (χ2v) is 4.57. The number of para-hydroxylation sites is 1. The molecule has 0 unspecified atom stereocenters. The lowest BCUT2D eigenvalue weighted by Gasteiger charge is -2.13. The van der Waals surface area contributed by atoms with Crippen LogP contribution in [0.1, 0.15) is 23.6 Å². The molecule has 3 nitrogen and oxygen atoms in total. The highest BCUT2D eigenvalue weighted by Crippen LogP contribution is 2.24. The summed E-state index contributed by atoms with van der Waals surface area (Å²) in [4.78, 5) is 0. The van der Waals surface area contributed by atoms with Gasteiger partial charge in [0.1, 0.15) is 6.61 Å². The average molecular weight is 284 g/mol. The van der Waals surface area contributed by atoms with Gasteiger partial charge in [-0.3, -0.25) is 0 Å². The zero-order valence-corrected chi connectivity index (χ0v) is 11.9. The molecule has 2 rings (SSSR count). The maximum atomic E-state index is 13.9. The normalized spacial score (nSPS) is 10.1. The summed E-state index contributed by atoms with van der Waals surface area (Å²) in [5.41, 5.74) is 2.06. The van der Waals surface area contributed by atoms with Crippen LogP contribution in [0.5, 0.6) is 5.75 Å². The van der Waals surface area contributed by atoms with Crippen molar-refractivity contribution in [1.82, 2.24) is 5.32 Å². The summed E-state index contributed by atoms with van der Waals surface area (Å²) in [6.45, 7) is 3.50. The highest BCUT2D eigenvalue weighted by molar-refractivity contribution is 5.39. The zero-order chi connectivity index (χ0) is 15.1. The fourth-order valence-electron chi connectivity index (χ4n) is 2.02. The van der Waals surface area contributed by atoms with Crippen LogP contribution in [0.3, 0.4) is 0 Å². The molecule has 108 valence electrons. The van der Waals surface area contributed by atoms with E-state index in [9.17, 15) is 4.39 Å². The largest absolute Gasteiger partial charge is 0.485 e. The lowest BCUT2D eigenvalue weighted by molar-refractivity contribution is 0.286. The van der Waals surface area contributed by atoms with Crippen LogP contribution in [0.25, 0.3) is 0 Å². The Balaban J connectivity index is 2.18. The summed E-state index contributed by atoms with van der Waals surface area (Å²) in [6.07, 6.45) is 0. The molecule has 0 aliphatic carbocycles. The van der Waals surface area contributed by atoms with Crippen molar-refractivity contribution in [2.75, 3.05) is 6.54 Å². The minimum atomic E-state index is -0.389. The van der Waals surface area contributed by atoms with E-state index < -0.39 is 0 Å². The first kappa shape index (κ1) is 15.0. The number of benzene rings is 2. The van der Waals surface area contributed by atoms with Gasteiger partial charge in [0.05, 0.1) is 11.6 Å². The Morgan fingerprint density at radius 2 is 1.90 bits per heavy atom. The Morgan fingerprint density at radius 1 is 1.14 bits per heavy atom. The Labute approximate surface area is 124 Å². The molecule has 2 aromatic carbocycles. The first-order valence-electron chi connectivity index (χ1n) is 6.85. The maximum Gasteiger partial charge on any atom is 0.165 e. The van der Waals surface area contributed by atoms with E-state index >= 15 is 0 Å². The van der Waals surface area contributed by atoms with Gasteiger partial charge in [-0.1, -0.05) is 37.3 Å². The molecule has 0 amide bonds. The van der Waals surface area contributed by atoms with Gasteiger partial charge in [0, 0.05) is 17.7 Å². The van der Waals surface area contributed by atoms with Gasteiger partial charge in [0.25, 0.3) is 0 Å². The van der Waals surface area contributed by atoms with Crippen LogP contribution in [-0.4, -0.2) is 6.54 Å². The number of hydrogen-bond donors (Lipinski definition) is 1. The Bertz CT molecular complexity index is 649. The van der Waals surface area contributed by atoms with Crippen LogP contribution in [-0.2, 0) is 13.2 Å². The third-order valence-corrected chi connectivity index (χ3v) is 3.12. The number of rotatable bonds is 6. The highest BCUT2D eigenvalue weighted by atomic mass is 19.1. The van der Waals surface area contributed by atoms with Gasteiger partial charge in [0.2, 0.25) is 0 Å². The number of nitrogens with one attached hydrogen (secondary N) is 1. The van der Waals surface area contributed by atoms with Gasteiger partial charge in [-0.25, -0.2) is 4.39 Å². The molecule has 21 heavy (non-hydrogen) atoms. The molecule has 0 aliphatic heterocycles. The van der Waals surface area contributed by atoms with Gasteiger partial charge in [-0.2, -0.15) is 5.26 Å². The van der Waals surface area contributed by atoms with Crippen molar-refractivity contribution < 1.29 is 9.13 Å². The van der Waals surface area contributed by atoms with E-state index in [1.807, 2.05) is 25.1 Å². The van der Waals surface area contributed by atoms with E-state index in [1.165, 1.54) is 6.07 Å². The molecular formula is C17H17FN2O. The molecule has 0 heterocycles. The van der Waals surface area contributed by atoms with E-state index in [2.05, 4.69) is 11.4 Å². The number of hydrogen-bond acceptors (Lipinski definition) is 3. The first-order valence-corrected chi connectivity index (χ1v) is 6.85. The standard InChI is InChI=1S/C17H17FN2O/c1-2-20-11-14-8-5-9-16(18)17(14)21-12-15-7-4-3-6-13(15)10-19/h3-9,20H,2,11-12H2,1H3. The quantitative estimate of drug-likeness (QED) is 0.884. The molecule has 0 radical (unpaired) electrons. The van der Waals surface area contributed by atoms with Gasteiger partial charge in [-0.15, -0.1) is 0 Å². The van der Waals surface area contributed by atoms with Crippen molar-refractivity contribution in [2.24, 2.45) is 0 Å². The molecule has 0 atom stereocenters. The SMILES string of the molecule is CCNCc1cccc(F)c1OCc1ccccc1C#N. The molecule has 0 aliphatic rings. The smallest absolute Gasteiger partial charge is 0.165 e. The number of nitrogens with zero attached hydrogens (tertiary/aromatic N) is 1. The lowest BCUT2D eigenvalue weighted by atomic mass is 10.1. The fourth-order valence-corrected chi connectivity index (χ4v) is 2.02. The van der Waals surface area contributed by atoms with Crippen LogP contribution in [0, 0.1) is 17.1 Å². The van der Waals surface area contributed by atoms with Crippen molar-refractivity contribution in [3.05, 3.63) is 65.0 Å². The molecule has 2 aromatic rings. The van der Waals surface area contributed by atoms with Crippen molar-refractivity contribution >= 4 is 0 Å². The third kappa shape index (κ3) is 3.80. The van der Waals surface area contributed by atoms with Crippen LogP contribution < -0.4 is 10.1 Å². The van der Waals surface area contributed by atoms with Crippen molar-refractivity contribution in [1.29, 1.82) is 5.26 Å². The Hall–Kier alpha value is -2.38. The molecule has 1 N–H and O–H groups in total. The van der Waals surface area contributed by atoms with E-state index in [0.29, 0.717) is 12.1 Å². The average Bonchev–Trinajstić information content (AvgIpc) is 2.52. The van der Waals surface area contributed by atoms with E-state index in [-0.39, 0.29) is 18.2 Å². The molecule has 0 saturated carbocycles. The Kier molecular flexibility index (Phi) is 5.30. The van der Waals surface area contributed by atoms with E-state index in [0.717, 1.165) is 17.7 Å². The first-order chi connectivity index (χ1) is 10.3. The number of ether oxygens (including phenoxy) is 1. The number of halogens is 1. The summed E-state index contributed by atoms with van der Waals surface area (Å²) in [7, 11) is 0. The van der Waals surface area contributed by atoms with Gasteiger partial charge in [-0.05, 0) is 18.7 Å². The monoisotopic (exact) mass is 284 g/mol. The van der Waals surface area contributed by atoms with Crippen molar-refractivity contribution in [3.63, 3.8) is 0 Å². The van der Waals surface area contributed by atoms with Crippen LogP contribution in [0.2, 0.25) is 0 Å². The topological polar surface area (TPSA) is 45.0 Å². The zero-order valence-electron chi connectivity index (χ0n) is 11.9. The molecule has 4 heteroatoms. The van der Waals surface area contributed by atoms with Crippen LogP contribution >= 0.6 is 0 Å². The van der Waals surface area contributed by atoms with Gasteiger partial charge < -0.3 is 10.1 Å². The highest BCUT2D eigenvalue weighted by Gasteiger charge is 2.10. The molecule has 0 bridgehead atoms. The van der Waals surface area contributed by atoms with E-state index in [4.69, 9.17) is 10.00 Å². The molecule has 0 spiro atoms. The molecular weight excluding hydrogens is 267 g/mol. The van der Waals surface area contributed by atoms with Crippen molar-refractivity contribution in [3.8, 4) is 11.8 Å². The predicted octanol–water partition coefficient (Wildman–Crippen LogP) is 3.39. The molecule has 0 saturated heterocycles. The molecule has 0 fully saturated rings. The summed E-state index contributed by atoms with van der Waals surface area (Å²) in [6, 6.07) is 14.1. The van der Waals surface area contributed by atoms with Gasteiger partial charge in [0.15, 0.2) is 11.6 Å². The second-order valence-electron chi connectivity index (χ2n) is 4.57. The summed E-state index contributed by atoms with van der Waals surface area (Å²) in [5, 5.41) is 12.2. The van der Waals surface area contributed by atoms with E-state index in [1.54, 1.807) is 18.2 Å². The summed E-state index contributed by atoms with van der Waals surface area (Å²) >= 11 is 0.